The maximum Gasteiger partial charge on any atom is 0.192 e. The first-order valence-electron chi connectivity index (χ1n) is 9.65. The molecule has 4 nitrogen and oxygen atoms in total. The minimum atomic E-state index is -1.20. The van der Waals surface area contributed by atoms with Gasteiger partial charge in [-0.2, -0.15) is 0 Å². The van der Waals surface area contributed by atoms with Gasteiger partial charge in [-0.15, -0.1) is 0 Å². The Hall–Kier alpha value is -2.53. The molecule has 1 aromatic heterocycles. The molecule has 154 valence electrons. The SMILES string of the molecule is CCC(C)/C(=C(\C(=O)c1cccc(Cl)c1)C(O)c1cncnc1)c1ccc(Cl)cc1. The summed E-state index contributed by atoms with van der Waals surface area (Å²) in [6.45, 7) is 4.07. The largest absolute Gasteiger partial charge is 0.383 e. The molecule has 0 saturated carbocycles. The number of rotatable bonds is 7. The van der Waals surface area contributed by atoms with Crippen molar-refractivity contribution in [2.24, 2.45) is 5.92 Å². The highest BCUT2D eigenvalue weighted by molar-refractivity contribution is 6.31. The monoisotopic (exact) mass is 440 g/mol. The maximum atomic E-state index is 13.7. The summed E-state index contributed by atoms with van der Waals surface area (Å²) in [7, 11) is 0. The van der Waals surface area contributed by atoms with E-state index in [9.17, 15) is 9.90 Å². The van der Waals surface area contributed by atoms with Crippen LogP contribution < -0.4 is 0 Å². The molecule has 1 N–H and O–H groups in total. The van der Waals surface area contributed by atoms with Gasteiger partial charge in [0.05, 0.1) is 0 Å². The first-order chi connectivity index (χ1) is 14.4. The van der Waals surface area contributed by atoms with Crippen LogP contribution in [0, 0.1) is 5.92 Å². The van der Waals surface area contributed by atoms with Gasteiger partial charge in [-0.1, -0.05) is 61.3 Å². The van der Waals surface area contributed by atoms with E-state index in [1.165, 1.54) is 18.7 Å². The van der Waals surface area contributed by atoms with Crippen molar-refractivity contribution in [3.05, 3.63) is 99.6 Å². The van der Waals surface area contributed by atoms with Crippen molar-refractivity contribution in [2.45, 2.75) is 26.4 Å². The number of aliphatic hydroxyl groups is 1. The fraction of sp³-hybridized carbons (Fsp3) is 0.208. The van der Waals surface area contributed by atoms with Gasteiger partial charge in [0.1, 0.15) is 12.4 Å². The van der Waals surface area contributed by atoms with E-state index < -0.39 is 6.10 Å². The van der Waals surface area contributed by atoms with Gasteiger partial charge in [-0.25, -0.2) is 9.97 Å². The number of allylic oxidation sites excluding steroid dienone is 1. The summed E-state index contributed by atoms with van der Waals surface area (Å²) in [6.07, 6.45) is 3.99. The van der Waals surface area contributed by atoms with E-state index in [2.05, 4.69) is 9.97 Å². The van der Waals surface area contributed by atoms with Crippen LogP contribution in [0.15, 0.2) is 72.8 Å². The van der Waals surface area contributed by atoms with Crippen LogP contribution in [-0.4, -0.2) is 20.9 Å². The quantitative estimate of drug-likeness (QED) is 0.350. The number of Topliss-reactive ketones (excluding diaryl/α,β-unsaturated/α-hetero) is 1. The van der Waals surface area contributed by atoms with Gasteiger partial charge < -0.3 is 5.11 Å². The van der Waals surface area contributed by atoms with E-state index >= 15 is 0 Å². The molecule has 0 saturated heterocycles. The van der Waals surface area contributed by atoms with E-state index in [1.54, 1.807) is 36.4 Å². The first-order valence-corrected chi connectivity index (χ1v) is 10.4. The fourth-order valence-electron chi connectivity index (χ4n) is 3.34. The summed E-state index contributed by atoms with van der Waals surface area (Å²) in [5.41, 5.74) is 2.72. The highest BCUT2D eigenvalue weighted by Gasteiger charge is 2.29. The van der Waals surface area contributed by atoms with E-state index in [4.69, 9.17) is 23.2 Å². The smallest absolute Gasteiger partial charge is 0.192 e. The summed E-state index contributed by atoms with van der Waals surface area (Å²) < 4.78 is 0. The normalized spacial score (nSPS) is 14.0. The lowest BCUT2D eigenvalue weighted by molar-refractivity contribution is 0.0987. The third kappa shape index (κ3) is 4.96. The Morgan fingerprint density at radius 1 is 1.00 bits per heavy atom. The minimum absolute atomic E-state index is 0.00332. The third-order valence-corrected chi connectivity index (χ3v) is 5.54. The molecule has 0 aliphatic rings. The second-order valence-corrected chi connectivity index (χ2v) is 7.93. The van der Waals surface area contributed by atoms with Crippen LogP contribution in [0.3, 0.4) is 0 Å². The number of aliphatic hydroxyl groups excluding tert-OH is 1. The summed E-state index contributed by atoms with van der Waals surface area (Å²) >= 11 is 12.2. The lowest BCUT2D eigenvalue weighted by Gasteiger charge is -2.24. The lowest BCUT2D eigenvalue weighted by atomic mass is 9.82. The average molecular weight is 441 g/mol. The van der Waals surface area contributed by atoms with Crippen molar-refractivity contribution in [1.29, 1.82) is 0 Å². The van der Waals surface area contributed by atoms with Crippen LogP contribution in [0.25, 0.3) is 5.57 Å². The Labute approximate surface area is 186 Å². The van der Waals surface area contributed by atoms with Gasteiger partial charge in [0.15, 0.2) is 5.78 Å². The summed E-state index contributed by atoms with van der Waals surface area (Å²) in [5, 5.41) is 12.3. The van der Waals surface area contributed by atoms with Gasteiger partial charge in [-0.3, -0.25) is 4.79 Å². The van der Waals surface area contributed by atoms with Gasteiger partial charge in [0, 0.05) is 39.1 Å². The molecule has 3 rings (SSSR count). The minimum Gasteiger partial charge on any atom is -0.383 e. The number of carbonyl (C=O) groups is 1. The number of hydrogen-bond donors (Lipinski definition) is 1. The number of ketones is 1. The third-order valence-electron chi connectivity index (χ3n) is 5.05. The number of halogens is 2. The Morgan fingerprint density at radius 2 is 1.67 bits per heavy atom. The number of benzene rings is 2. The van der Waals surface area contributed by atoms with Gasteiger partial charge in [0.25, 0.3) is 0 Å². The molecule has 3 aromatic rings. The summed E-state index contributed by atoms with van der Waals surface area (Å²) in [5.74, 6) is -0.289. The van der Waals surface area contributed by atoms with E-state index in [0.29, 0.717) is 21.2 Å². The number of carbonyl (C=O) groups excluding carboxylic acids is 1. The predicted molar refractivity (Wildman–Crippen MR) is 121 cm³/mol. The molecular weight excluding hydrogens is 419 g/mol. The number of hydrogen-bond acceptors (Lipinski definition) is 4. The molecular formula is C24H22Cl2N2O2. The Morgan fingerprint density at radius 3 is 2.27 bits per heavy atom. The van der Waals surface area contributed by atoms with Crippen LogP contribution in [0.5, 0.6) is 0 Å². The standard InChI is InChI=1S/C24H22Cl2N2O2/c1-3-15(2)21(16-7-9-19(25)10-8-16)22(24(30)18-12-27-14-28-13-18)23(29)17-5-4-6-20(26)11-17/h4-15,24,30H,3H2,1-2H3/b22-21-. The molecule has 0 radical (unpaired) electrons. The number of nitrogens with zero attached hydrogens (tertiary/aromatic N) is 2. The van der Waals surface area contributed by atoms with Crippen molar-refractivity contribution in [1.82, 2.24) is 9.97 Å². The topological polar surface area (TPSA) is 63.1 Å². The first kappa shape index (κ1) is 22.2. The molecule has 0 amide bonds. The highest BCUT2D eigenvalue weighted by atomic mass is 35.5. The Balaban J connectivity index is 2.28. The van der Waals surface area contributed by atoms with Crippen LogP contribution in [0.2, 0.25) is 10.0 Å². The predicted octanol–water partition coefficient (Wildman–Crippen LogP) is 6.20. The van der Waals surface area contributed by atoms with Crippen molar-refractivity contribution in [3.8, 4) is 0 Å². The van der Waals surface area contributed by atoms with Gasteiger partial charge in [0.2, 0.25) is 0 Å². The second-order valence-electron chi connectivity index (χ2n) is 7.06. The van der Waals surface area contributed by atoms with E-state index in [1.807, 2.05) is 26.0 Å². The molecule has 30 heavy (non-hydrogen) atoms. The highest BCUT2D eigenvalue weighted by Crippen LogP contribution is 2.37. The average Bonchev–Trinajstić information content (AvgIpc) is 2.77. The molecule has 6 heteroatoms. The molecule has 2 unspecified atom stereocenters. The molecule has 0 aliphatic carbocycles. The van der Waals surface area contributed by atoms with E-state index in [-0.39, 0.29) is 17.3 Å². The van der Waals surface area contributed by atoms with Crippen LogP contribution in [0.1, 0.15) is 47.9 Å². The summed E-state index contributed by atoms with van der Waals surface area (Å²) in [4.78, 5) is 21.7. The molecule has 2 atom stereocenters. The lowest BCUT2D eigenvalue weighted by Crippen LogP contribution is -2.17. The zero-order valence-electron chi connectivity index (χ0n) is 16.7. The van der Waals surface area contributed by atoms with Crippen molar-refractivity contribution in [2.75, 3.05) is 0 Å². The van der Waals surface area contributed by atoms with Crippen molar-refractivity contribution >= 4 is 34.6 Å². The van der Waals surface area contributed by atoms with Crippen molar-refractivity contribution < 1.29 is 9.90 Å². The van der Waals surface area contributed by atoms with Crippen LogP contribution in [0.4, 0.5) is 0 Å². The molecule has 0 aliphatic heterocycles. The molecule has 0 spiro atoms. The molecule has 0 fully saturated rings. The molecule has 0 bridgehead atoms. The Kier molecular flexibility index (Phi) is 7.38. The van der Waals surface area contributed by atoms with Crippen LogP contribution >= 0.6 is 23.2 Å². The molecule has 2 aromatic carbocycles. The van der Waals surface area contributed by atoms with Gasteiger partial charge in [-0.05, 0) is 47.7 Å². The van der Waals surface area contributed by atoms with E-state index in [0.717, 1.165) is 17.6 Å². The van der Waals surface area contributed by atoms with Crippen molar-refractivity contribution in [3.63, 3.8) is 0 Å². The number of aromatic nitrogens is 2. The van der Waals surface area contributed by atoms with Gasteiger partial charge >= 0.3 is 0 Å². The zero-order chi connectivity index (χ0) is 21.7. The fourth-order valence-corrected chi connectivity index (χ4v) is 3.65. The second kappa shape index (κ2) is 9.98. The van der Waals surface area contributed by atoms with Crippen LogP contribution in [-0.2, 0) is 0 Å². The zero-order valence-corrected chi connectivity index (χ0v) is 18.2. The Bertz CT molecular complexity index is 1050. The summed E-state index contributed by atoms with van der Waals surface area (Å²) in [6, 6.07) is 14.0. The molecule has 1 heterocycles. The maximum absolute atomic E-state index is 13.7.